The molecule has 0 aromatic carbocycles. The van der Waals surface area contributed by atoms with Gasteiger partial charge in [-0.25, -0.2) is 0 Å². The van der Waals surface area contributed by atoms with E-state index in [0.29, 0.717) is 25.1 Å². The molecule has 1 aliphatic rings. The number of hydrogen-bond acceptors (Lipinski definition) is 6. The third-order valence-corrected chi connectivity index (χ3v) is 3.04. The Labute approximate surface area is 114 Å². The monoisotopic (exact) mass is 266 g/mol. The first-order chi connectivity index (χ1) is 9.35. The molecule has 0 bridgehead atoms. The van der Waals surface area contributed by atoms with E-state index in [2.05, 4.69) is 27.1 Å². The Kier molecular flexibility index (Phi) is 5.35. The molecule has 1 aromatic rings. The minimum absolute atomic E-state index is 0.292. The standard InChI is InChI=1S/C13H22N4O2/c1-3-14-7-11-10-18-6-5-17(11)12-8-15-9-13(16-12)19-4-2/h8-9,11,14H,3-7,10H2,1-2H3. The van der Waals surface area contributed by atoms with Crippen molar-refractivity contribution in [1.29, 1.82) is 0 Å². The van der Waals surface area contributed by atoms with Crippen LogP contribution in [0.25, 0.3) is 0 Å². The van der Waals surface area contributed by atoms with Gasteiger partial charge in [0, 0.05) is 13.1 Å². The number of ether oxygens (including phenoxy) is 2. The van der Waals surface area contributed by atoms with Crippen LogP contribution in [-0.2, 0) is 4.74 Å². The molecular formula is C13H22N4O2. The van der Waals surface area contributed by atoms with Gasteiger partial charge >= 0.3 is 0 Å². The van der Waals surface area contributed by atoms with Crippen LogP contribution in [-0.4, -0.2) is 55.5 Å². The number of morpholine rings is 1. The van der Waals surface area contributed by atoms with Gasteiger partial charge in [0.2, 0.25) is 5.88 Å². The lowest BCUT2D eigenvalue weighted by molar-refractivity contribution is 0.0934. The van der Waals surface area contributed by atoms with Crippen LogP contribution in [0.3, 0.4) is 0 Å². The van der Waals surface area contributed by atoms with E-state index in [1.54, 1.807) is 12.4 Å². The van der Waals surface area contributed by atoms with Crippen LogP contribution in [0.1, 0.15) is 13.8 Å². The number of nitrogens with one attached hydrogen (secondary N) is 1. The van der Waals surface area contributed by atoms with Crippen molar-refractivity contribution in [3.05, 3.63) is 12.4 Å². The zero-order valence-corrected chi connectivity index (χ0v) is 11.6. The molecule has 6 heteroatoms. The summed E-state index contributed by atoms with van der Waals surface area (Å²) < 4.78 is 11.0. The van der Waals surface area contributed by atoms with Gasteiger partial charge in [0.15, 0.2) is 5.82 Å². The van der Waals surface area contributed by atoms with Gasteiger partial charge in [-0.1, -0.05) is 6.92 Å². The van der Waals surface area contributed by atoms with Gasteiger partial charge in [0.1, 0.15) is 0 Å². The molecule has 1 saturated heterocycles. The zero-order chi connectivity index (χ0) is 13.5. The smallest absolute Gasteiger partial charge is 0.234 e. The molecule has 2 heterocycles. The molecule has 1 aromatic heterocycles. The van der Waals surface area contributed by atoms with E-state index < -0.39 is 0 Å². The molecule has 1 unspecified atom stereocenters. The largest absolute Gasteiger partial charge is 0.477 e. The van der Waals surface area contributed by atoms with Crippen LogP contribution in [0.5, 0.6) is 5.88 Å². The van der Waals surface area contributed by atoms with Crippen molar-refractivity contribution >= 4 is 5.82 Å². The second-order valence-electron chi connectivity index (χ2n) is 4.38. The normalized spacial score (nSPS) is 19.5. The Bertz CT molecular complexity index is 389. The van der Waals surface area contributed by atoms with Crippen molar-refractivity contribution in [3.8, 4) is 5.88 Å². The topological polar surface area (TPSA) is 59.5 Å². The number of rotatable bonds is 6. The third-order valence-electron chi connectivity index (χ3n) is 3.04. The van der Waals surface area contributed by atoms with Gasteiger partial charge in [-0.3, -0.25) is 4.98 Å². The summed E-state index contributed by atoms with van der Waals surface area (Å²) in [7, 11) is 0. The SMILES string of the molecule is CCNCC1COCCN1c1cncc(OCC)n1. The zero-order valence-electron chi connectivity index (χ0n) is 11.6. The highest BCUT2D eigenvalue weighted by atomic mass is 16.5. The molecule has 1 fully saturated rings. The quantitative estimate of drug-likeness (QED) is 0.817. The maximum atomic E-state index is 5.55. The summed E-state index contributed by atoms with van der Waals surface area (Å²) in [6.07, 6.45) is 3.43. The van der Waals surface area contributed by atoms with E-state index in [4.69, 9.17) is 9.47 Å². The fraction of sp³-hybridized carbons (Fsp3) is 0.692. The molecule has 0 amide bonds. The second-order valence-corrected chi connectivity index (χ2v) is 4.38. The van der Waals surface area contributed by atoms with Crippen LogP contribution in [0.4, 0.5) is 5.82 Å². The molecule has 106 valence electrons. The van der Waals surface area contributed by atoms with Crippen molar-refractivity contribution in [2.24, 2.45) is 0 Å². The minimum Gasteiger partial charge on any atom is -0.477 e. The van der Waals surface area contributed by atoms with E-state index in [-0.39, 0.29) is 0 Å². The highest BCUT2D eigenvalue weighted by Crippen LogP contribution is 2.18. The molecule has 0 saturated carbocycles. The first-order valence-electron chi connectivity index (χ1n) is 6.85. The predicted molar refractivity (Wildman–Crippen MR) is 73.7 cm³/mol. The molecule has 19 heavy (non-hydrogen) atoms. The van der Waals surface area contributed by atoms with Crippen LogP contribution in [0.15, 0.2) is 12.4 Å². The van der Waals surface area contributed by atoms with E-state index in [0.717, 1.165) is 32.1 Å². The lowest BCUT2D eigenvalue weighted by atomic mass is 10.2. The van der Waals surface area contributed by atoms with Crippen molar-refractivity contribution in [1.82, 2.24) is 15.3 Å². The molecule has 0 radical (unpaired) electrons. The van der Waals surface area contributed by atoms with Crippen molar-refractivity contribution in [3.63, 3.8) is 0 Å². The van der Waals surface area contributed by atoms with E-state index in [1.807, 2.05) is 6.92 Å². The van der Waals surface area contributed by atoms with Gasteiger partial charge in [-0.05, 0) is 13.5 Å². The summed E-state index contributed by atoms with van der Waals surface area (Å²) in [5.41, 5.74) is 0. The number of nitrogens with zero attached hydrogens (tertiary/aromatic N) is 3. The van der Waals surface area contributed by atoms with Gasteiger partial charge in [0.05, 0.1) is 38.3 Å². The first kappa shape index (κ1) is 14.0. The Balaban J connectivity index is 2.09. The van der Waals surface area contributed by atoms with Gasteiger partial charge < -0.3 is 19.7 Å². The van der Waals surface area contributed by atoms with Gasteiger partial charge in [-0.2, -0.15) is 4.98 Å². The average Bonchev–Trinajstić information content (AvgIpc) is 2.46. The number of aromatic nitrogens is 2. The fourth-order valence-electron chi connectivity index (χ4n) is 2.13. The Hall–Kier alpha value is -1.40. The van der Waals surface area contributed by atoms with E-state index in [1.165, 1.54) is 0 Å². The number of anilines is 1. The van der Waals surface area contributed by atoms with E-state index in [9.17, 15) is 0 Å². The molecule has 0 aliphatic carbocycles. The lowest BCUT2D eigenvalue weighted by Gasteiger charge is -2.36. The second kappa shape index (κ2) is 7.25. The Morgan fingerprint density at radius 1 is 1.47 bits per heavy atom. The van der Waals surface area contributed by atoms with Crippen molar-refractivity contribution in [2.45, 2.75) is 19.9 Å². The van der Waals surface area contributed by atoms with Crippen LogP contribution in [0, 0.1) is 0 Å². The van der Waals surface area contributed by atoms with Gasteiger partial charge in [0.25, 0.3) is 0 Å². The maximum absolute atomic E-state index is 5.55. The summed E-state index contributed by atoms with van der Waals surface area (Å²) in [5.74, 6) is 1.44. The maximum Gasteiger partial charge on any atom is 0.234 e. The minimum atomic E-state index is 0.292. The predicted octanol–water partition coefficient (Wildman–Crippen LogP) is 0.690. The average molecular weight is 266 g/mol. The van der Waals surface area contributed by atoms with E-state index >= 15 is 0 Å². The van der Waals surface area contributed by atoms with Crippen molar-refractivity contribution < 1.29 is 9.47 Å². The third kappa shape index (κ3) is 3.78. The van der Waals surface area contributed by atoms with Crippen LogP contribution >= 0.6 is 0 Å². The van der Waals surface area contributed by atoms with Crippen LogP contribution < -0.4 is 15.0 Å². The number of hydrogen-bond donors (Lipinski definition) is 1. The molecule has 1 atom stereocenters. The van der Waals surface area contributed by atoms with Crippen LogP contribution in [0.2, 0.25) is 0 Å². The summed E-state index contributed by atoms with van der Waals surface area (Å²) in [6, 6.07) is 0.292. The highest BCUT2D eigenvalue weighted by molar-refractivity contribution is 5.39. The molecule has 0 spiro atoms. The summed E-state index contributed by atoms with van der Waals surface area (Å²) in [5, 5.41) is 3.36. The fourth-order valence-corrected chi connectivity index (χ4v) is 2.13. The Morgan fingerprint density at radius 2 is 2.37 bits per heavy atom. The summed E-state index contributed by atoms with van der Waals surface area (Å²) in [6.45, 7) is 8.76. The molecule has 1 aliphatic heterocycles. The lowest BCUT2D eigenvalue weighted by Crippen LogP contribution is -2.51. The molecular weight excluding hydrogens is 244 g/mol. The number of likely N-dealkylation sites (N-methyl/N-ethyl adjacent to an activating group) is 1. The summed E-state index contributed by atoms with van der Waals surface area (Å²) in [4.78, 5) is 10.9. The first-order valence-corrected chi connectivity index (χ1v) is 6.85. The summed E-state index contributed by atoms with van der Waals surface area (Å²) >= 11 is 0. The molecule has 2 rings (SSSR count). The Morgan fingerprint density at radius 3 is 3.16 bits per heavy atom. The molecule has 1 N–H and O–H groups in total. The highest BCUT2D eigenvalue weighted by Gasteiger charge is 2.24. The molecule has 6 nitrogen and oxygen atoms in total. The van der Waals surface area contributed by atoms with Gasteiger partial charge in [-0.15, -0.1) is 0 Å². The van der Waals surface area contributed by atoms with Crippen molar-refractivity contribution in [2.75, 3.05) is 44.4 Å².